The van der Waals surface area contributed by atoms with Gasteiger partial charge in [0.15, 0.2) is 0 Å². The van der Waals surface area contributed by atoms with Gasteiger partial charge in [-0.2, -0.15) is 0 Å². The molecule has 2 rings (SSSR count). The topological polar surface area (TPSA) is 60.9 Å². The molecule has 96 valence electrons. The summed E-state index contributed by atoms with van der Waals surface area (Å²) >= 11 is 3.32. The molecule has 0 aliphatic heterocycles. The Balaban J connectivity index is 1.86. The number of imidazole rings is 1. The van der Waals surface area contributed by atoms with Gasteiger partial charge in [0, 0.05) is 18.4 Å². The molecule has 3 N–H and O–H groups in total. The summed E-state index contributed by atoms with van der Waals surface area (Å²) in [6, 6.07) is 5.93. The van der Waals surface area contributed by atoms with Crippen molar-refractivity contribution in [3.8, 4) is 5.75 Å². The van der Waals surface area contributed by atoms with Crippen LogP contribution in [0.25, 0.3) is 0 Å². The van der Waals surface area contributed by atoms with Gasteiger partial charge in [0.2, 0.25) is 0 Å². The van der Waals surface area contributed by atoms with Crippen LogP contribution in [0.1, 0.15) is 18.3 Å². The number of nitrogens with one attached hydrogen (secondary N) is 2. The molecule has 0 saturated carbocycles. The minimum absolute atomic E-state index is 0.273. The molecule has 1 aromatic carbocycles. The van der Waals surface area contributed by atoms with E-state index in [2.05, 4.69) is 38.1 Å². The van der Waals surface area contributed by atoms with Crippen LogP contribution in [0.4, 0.5) is 0 Å². The van der Waals surface area contributed by atoms with Crippen molar-refractivity contribution in [2.45, 2.75) is 25.9 Å². The van der Waals surface area contributed by atoms with Crippen molar-refractivity contribution in [1.29, 1.82) is 0 Å². The summed E-state index contributed by atoms with van der Waals surface area (Å²) in [5, 5.41) is 12.8. The molecule has 0 bridgehead atoms. The highest BCUT2D eigenvalue weighted by Crippen LogP contribution is 2.24. The lowest BCUT2D eigenvalue weighted by atomic mass is 10.1. The van der Waals surface area contributed by atoms with Crippen LogP contribution in [0.15, 0.2) is 35.1 Å². The molecular formula is C13H16BrN3O. The summed E-state index contributed by atoms with van der Waals surface area (Å²) in [5.41, 5.74) is 1.18. The fourth-order valence-corrected chi connectivity index (χ4v) is 2.19. The van der Waals surface area contributed by atoms with E-state index in [1.807, 2.05) is 18.3 Å². The predicted molar refractivity (Wildman–Crippen MR) is 74.4 cm³/mol. The Morgan fingerprint density at radius 2 is 2.33 bits per heavy atom. The number of hydrogen-bond acceptors (Lipinski definition) is 3. The van der Waals surface area contributed by atoms with Crippen LogP contribution in [0.3, 0.4) is 0 Å². The van der Waals surface area contributed by atoms with Gasteiger partial charge in [0.25, 0.3) is 0 Å². The third kappa shape index (κ3) is 3.58. The molecule has 2 aromatic rings. The van der Waals surface area contributed by atoms with Gasteiger partial charge in [-0.15, -0.1) is 0 Å². The quantitative estimate of drug-likeness (QED) is 0.795. The van der Waals surface area contributed by atoms with Gasteiger partial charge in [-0.3, -0.25) is 0 Å². The number of benzene rings is 1. The predicted octanol–water partition coefficient (Wildman–Crippen LogP) is 2.60. The van der Waals surface area contributed by atoms with Crippen molar-refractivity contribution in [1.82, 2.24) is 15.3 Å². The zero-order valence-electron chi connectivity index (χ0n) is 10.2. The number of aromatic amines is 1. The van der Waals surface area contributed by atoms with Crippen molar-refractivity contribution >= 4 is 15.9 Å². The van der Waals surface area contributed by atoms with E-state index in [1.54, 1.807) is 12.3 Å². The first-order chi connectivity index (χ1) is 8.65. The molecular weight excluding hydrogens is 294 g/mol. The third-order valence-corrected chi connectivity index (χ3v) is 3.36. The first kappa shape index (κ1) is 13.1. The molecule has 0 aliphatic rings. The molecule has 4 nitrogen and oxygen atoms in total. The van der Waals surface area contributed by atoms with Crippen molar-refractivity contribution in [3.05, 3.63) is 46.5 Å². The zero-order chi connectivity index (χ0) is 13.0. The van der Waals surface area contributed by atoms with Crippen LogP contribution < -0.4 is 5.32 Å². The van der Waals surface area contributed by atoms with Gasteiger partial charge in [-0.25, -0.2) is 4.98 Å². The number of rotatable bonds is 5. The number of H-pyrrole nitrogens is 1. The molecule has 0 fully saturated rings. The Morgan fingerprint density at radius 3 is 3.00 bits per heavy atom. The second-order valence-corrected chi connectivity index (χ2v) is 5.16. The van der Waals surface area contributed by atoms with Crippen LogP contribution in [0.2, 0.25) is 0 Å². The fourth-order valence-electron chi connectivity index (χ4n) is 1.77. The molecule has 0 spiro atoms. The Kier molecular flexibility index (Phi) is 4.38. The lowest BCUT2D eigenvalue weighted by molar-refractivity contribution is 0.471. The van der Waals surface area contributed by atoms with Crippen molar-refractivity contribution in [2.24, 2.45) is 0 Å². The summed E-state index contributed by atoms with van der Waals surface area (Å²) in [7, 11) is 0. The summed E-state index contributed by atoms with van der Waals surface area (Å²) in [6.07, 6.45) is 4.47. The molecule has 18 heavy (non-hydrogen) atoms. The molecule has 0 radical (unpaired) electrons. The molecule has 0 aliphatic carbocycles. The Hall–Kier alpha value is -1.33. The Labute approximate surface area is 115 Å². The van der Waals surface area contributed by atoms with Crippen LogP contribution in [-0.4, -0.2) is 21.1 Å². The molecule has 5 heteroatoms. The maximum Gasteiger partial charge on any atom is 0.129 e. The highest BCUT2D eigenvalue weighted by molar-refractivity contribution is 9.10. The maximum absolute atomic E-state index is 9.43. The number of nitrogens with zero attached hydrogens (tertiary/aromatic N) is 1. The normalized spacial score (nSPS) is 12.6. The van der Waals surface area contributed by atoms with Gasteiger partial charge >= 0.3 is 0 Å². The van der Waals surface area contributed by atoms with E-state index in [1.165, 1.54) is 5.56 Å². The fraction of sp³-hybridized carbons (Fsp3) is 0.308. The number of hydrogen-bond donors (Lipinski definition) is 3. The van der Waals surface area contributed by atoms with Crippen LogP contribution in [0, 0.1) is 0 Å². The van der Waals surface area contributed by atoms with E-state index in [4.69, 9.17) is 0 Å². The molecule has 1 heterocycles. The lowest BCUT2D eigenvalue weighted by Gasteiger charge is -2.13. The highest BCUT2D eigenvalue weighted by atomic mass is 79.9. The van der Waals surface area contributed by atoms with E-state index in [9.17, 15) is 5.11 Å². The van der Waals surface area contributed by atoms with Gasteiger partial charge in [0.05, 0.1) is 11.0 Å². The number of aromatic hydroxyl groups is 1. The van der Waals surface area contributed by atoms with Gasteiger partial charge in [-0.1, -0.05) is 6.07 Å². The first-order valence-electron chi connectivity index (χ1n) is 5.84. The van der Waals surface area contributed by atoms with E-state index in [0.29, 0.717) is 6.04 Å². The highest BCUT2D eigenvalue weighted by Gasteiger charge is 2.06. The van der Waals surface area contributed by atoms with Crippen molar-refractivity contribution in [2.75, 3.05) is 0 Å². The third-order valence-electron chi connectivity index (χ3n) is 2.73. The van der Waals surface area contributed by atoms with E-state index in [0.717, 1.165) is 23.3 Å². The van der Waals surface area contributed by atoms with Gasteiger partial charge in [0.1, 0.15) is 11.6 Å². The standard InChI is InChI=1S/C13H16BrN3O/c1-9(17-8-13-15-4-5-16-13)6-10-2-3-12(18)11(14)7-10/h2-5,7,9,17-18H,6,8H2,1H3,(H,15,16). The Bertz CT molecular complexity index is 499. The zero-order valence-corrected chi connectivity index (χ0v) is 11.7. The lowest BCUT2D eigenvalue weighted by Crippen LogP contribution is -2.28. The molecule has 1 aromatic heterocycles. The Morgan fingerprint density at radius 1 is 1.50 bits per heavy atom. The summed E-state index contributed by atoms with van der Waals surface area (Å²) in [4.78, 5) is 7.22. The number of phenols is 1. The minimum atomic E-state index is 0.273. The van der Waals surface area contributed by atoms with E-state index in [-0.39, 0.29) is 5.75 Å². The van der Waals surface area contributed by atoms with Crippen molar-refractivity contribution < 1.29 is 5.11 Å². The maximum atomic E-state index is 9.43. The summed E-state index contributed by atoms with van der Waals surface area (Å²) in [5.74, 6) is 1.21. The largest absolute Gasteiger partial charge is 0.507 e. The number of aromatic nitrogens is 2. The van der Waals surface area contributed by atoms with Crippen molar-refractivity contribution in [3.63, 3.8) is 0 Å². The first-order valence-corrected chi connectivity index (χ1v) is 6.63. The number of phenolic OH excluding ortho intramolecular Hbond substituents is 1. The van der Waals surface area contributed by atoms with Crippen LogP contribution in [-0.2, 0) is 13.0 Å². The van der Waals surface area contributed by atoms with Gasteiger partial charge < -0.3 is 15.4 Å². The summed E-state index contributed by atoms with van der Waals surface area (Å²) in [6.45, 7) is 2.86. The molecule has 1 unspecified atom stereocenters. The van der Waals surface area contributed by atoms with Gasteiger partial charge in [-0.05, 0) is 47.0 Å². The van der Waals surface area contributed by atoms with E-state index >= 15 is 0 Å². The minimum Gasteiger partial charge on any atom is -0.507 e. The molecule has 0 amide bonds. The average Bonchev–Trinajstić information content (AvgIpc) is 2.84. The summed E-state index contributed by atoms with van der Waals surface area (Å²) < 4.78 is 0.734. The molecule has 1 atom stereocenters. The van der Waals surface area contributed by atoms with Crippen LogP contribution >= 0.6 is 15.9 Å². The molecule has 0 saturated heterocycles. The SMILES string of the molecule is CC(Cc1ccc(O)c(Br)c1)NCc1ncc[nH]1. The van der Waals surface area contributed by atoms with Crippen LogP contribution in [0.5, 0.6) is 5.75 Å². The monoisotopic (exact) mass is 309 g/mol. The number of halogens is 1. The van der Waals surface area contributed by atoms with E-state index < -0.39 is 0 Å². The second-order valence-electron chi connectivity index (χ2n) is 4.31. The second kappa shape index (κ2) is 6.02. The average molecular weight is 310 g/mol. The smallest absolute Gasteiger partial charge is 0.129 e.